The lowest BCUT2D eigenvalue weighted by Gasteiger charge is -2.15. The summed E-state index contributed by atoms with van der Waals surface area (Å²) in [4.78, 5) is 12.2. The summed E-state index contributed by atoms with van der Waals surface area (Å²) in [5.41, 5.74) is 3.52. The minimum Gasteiger partial charge on any atom is -0.423 e. The molecule has 1 heterocycles. The van der Waals surface area contributed by atoms with E-state index in [1.165, 1.54) is 0 Å². The molecule has 1 amide bonds. The van der Waals surface area contributed by atoms with Crippen LogP contribution in [0, 0.1) is 0 Å². The van der Waals surface area contributed by atoms with Crippen LogP contribution in [0.5, 0.6) is 0 Å². The molecule has 212 valence electrons. The van der Waals surface area contributed by atoms with Crippen LogP contribution in [0.25, 0.3) is 22.0 Å². The van der Waals surface area contributed by atoms with Crippen LogP contribution in [0.3, 0.4) is 0 Å². The highest BCUT2D eigenvalue weighted by Gasteiger charge is 2.16. The van der Waals surface area contributed by atoms with Crippen molar-refractivity contribution in [1.29, 1.82) is 0 Å². The topological polar surface area (TPSA) is 96.6 Å². The zero-order chi connectivity index (χ0) is 29.3. The van der Waals surface area contributed by atoms with Crippen LogP contribution in [-0.4, -0.2) is 47.5 Å². The zero-order valence-electron chi connectivity index (χ0n) is 23.3. The summed E-state index contributed by atoms with van der Waals surface area (Å²) < 4.78 is 7.77. The summed E-state index contributed by atoms with van der Waals surface area (Å²) in [6, 6.07) is 21.3. The molecule has 0 fully saturated rings. The van der Waals surface area contributed by atoms with Crippen molar-refractivity contribution in [3.8, 4) is 11.1 Å². The van der Waals surface area contributed by atoms with Gasteiger partial charge in [-0.1, -0.05) is 80.1 Å². The highest BCUT2D eigenvalue weighted by atomic mass is 35.5. The van der Waals surface area contributed by atoms with Gasteiger partial charge in [-0.15, -0.1) is 0 Å². The van der Waals surface area contributed by atoms with Gasteiger partial charge in [0, 0.05) is 36.5 Å². The number of carbonyl (C=O) groups excluding carboxylic acids is 1. The fourth-order valence-electron chi connectivity index (χ4n) is 3.77. The number of rotatable bonds is 10. The third kappa shape index (κ3) is 9.76. The Labute approximate surface area is 247 Å². The molecule has 3 aromatic carbocycles. The van der Waals surface area contributed by atoms with Gasteiger partial charge in [-0.2, -0.15) is 5.10 Å². The van der Waals surface area contributed by atoms with Crippen molar-refractivity contribution < 1.29 is 19.6 Å². The Balaban J connectivity index is 0.000000371. The maximum absolute atomic E-state index is 12.2. The highest BCUT2D eigenvalue weighted by molar-refractivity contribution is 6.76. The minimum absolute atomic E-state index is 0.0227. The number of nitrogens with one attached hydrogen (secondary N) is 1. The van der Waals surface area contributed by atoms with Gasteiger partial charge in [0.25, 0.3) is 0 Å². The maximum atomic E-state index is 12.2. The maximum Gasteiger partial charge on any atom is 0.488 e. The van der Waals surface area contributed by atoms with E-state index < -0.39 is 15.2 Å². The Hall–Kier alpha value is -2.66. The van der Waals surface area contributed by atoms with Crippen molar-refractivity contribution in [1.82, 2.24) is 9.78 Å². The quantitative estimate of drug-likeness (QED) is 0.144. The Morgan fingerprint density at radius 1 is 0.975 bits per heavy atom. The van der Waals surface area contributed by atoms with Gasteiger partial charge in [0.15, 0.2) is 5.82 Å². The van der Waals surface area contributed by atoms with Crippen LogP contribution >= 0.6 is 23.2 Å². The van der Waals surface area contributed by atoms with E-state index in [0.717, 1.165) is 34.5 Å². The van der Waals surface area contributed by atoms with Gasteiger partial charge in [0.1, 0.15) is 6.73 Å². The summed E-state index contributed by atoms with van der Waals surface area (Å²) in [5, 5.41) is 27.1. The zero-order valence-corrected chi connectivity index (χ0v) is 25.8. The number of halogens is 2. The molecule has 40 heavy (non-hydrogen) atoms. The molecule has 0 unspecified atom stereocenters. The molecule has 0 saturated carbocycles. The second-order valence-electron chi connectivity index (χ2n) is 10.7. The first kappa shape index (κ1) is 31.9. The molecule has 7 nitrogen and oxygen atoms in total. The van der Waals surface area contributed by atoms with Crippen molar-refractivity contribution in [3.63, 3.8) is 0 Å². The van der Waals surface area contributed by atoms with Gasteiger partial charge >= 0.3 is 7.12 Å². The molecular weight excluding hydrogens is 564 g/mol. The predicted molar refractivity (Wildman–Crippen MR) is 169 cm³/mol. The predicted octanol–water partition coefficient (Wildman–Crippen LogP) is 6.43. The third-order valence-electron chi connectivity index (χ3n) is 6.04. The van der Waals surface area contributed by atoms with Crippen LogP contribution in [0.1, 0.15) is 19.8 Å². The SMILES string of the molecule is CCCC(=O)Nc1nn(COCC[Si](C)(C)C)c2cc(-c3ccc(Cl)cc3)ccc12.OB(O)c1ccc(Cl)cc1. The standard InChI is InChI=1S/C23H30ClN3O2Si.C6H6BClO2/c1-5-6-22(28)25-23-20-12-9-18(17-7-10-19(24)11-8-17)15-21(20)27(26-23)16-29-13-14-30(2,3)4;8-6-3-1-5(2-4-6)7(9)10/h7-12,15H,5-6,13-14,16H2,1-4H3,(H,25,26,28);1-4,9-10H. The molecule has 0 atom stereocenters. The Kier molecular flexibility index (Phi) is 11.8. The highest BCUT2D eigenvalue weighted by Crippen LogP contribution is 2.30. The summed E-state index contributed by atoms with van der Waals surface area (Å²) in [6.07, 6.45) is 1.27. The Bertz CT molecular complexity index is 1390. The fourth-order valence-corrected chi connectivity index (χ4v) is 4.78. The van der Waals surface area contributed by atoms with Crippen LogP contribution < -0.4 is 10.8 Å². The number of fused-ring (bicyclic) bond motifs is 1. The van der Waals surface area contributed by atoms with E-state index in [9.17, 15) is 4.79 Å². The van der Waals surface area contributed by atoms with Crippen molar-refractivity contribution >= 4 is 66.5 Å². The first-order valence-electron chi connectivity index (χ1n) is 13.2. The molecule has 0 bridgehead atoms. The number of ether oxygens (including phenoxy) is 1. The van der Waals surface area contributed by atoms with Gasteiger partial charge in [0.2, 0.25) is 5.91 Å². The van der Waals surface area contributed by atoms with E-state index in [2.05, 4.69) is 36.1 Å². The van der Waals surface area contributed by atoms with Gasteiger partial charge in [-0.25, -0.2) is 4.68 Å². The summed E-state index contributed by atoms with van der Waals surface area (Å²) >= 11 is 11.6. The lowest BCUT2D eigenvalue weighted by atomic mass is 9.81. The first-order valence-corrected chi connectivity index (χ1v) is 17.7. The molecule has 0 aliphatic heterocycles. The fraction of sp³-hybridized carbons (Fsp3) is 0.310. The number of hydrogen-bond donors (Lipinski definition) is 3. The van der Waals surface area contributed by atoms with Crippen molar-refractivity contribution in [2.24, 2.45) is 0 Å². The summed E-state index contributed by atoms with van der Waals surface area (Å²) in [7, 11) is -2.56. The van der Waals surface area contributed by atoms with Gasteiger partial charge < -0.3 is 20.1 Å². The van der Waals surface area contributed by atoms with E-state index in [1.807, 2.05) is 48.0 Å². The molecule has 0 aliphatic rings. The summed E-state index contributed by atoms with van der Waals surface area (Å²) in [6.45, 7) is 10.1. The number of nitrogens with zero attached hydrogens (tertiary/aromatic N) is 2. The van der Waals surface area contributed by atoms with Gasteiger partial charge in [-0.3, -0.25) is 4.79 Å². The molecule has 3 N–H and O–H groups in total. The lowest BCUT2D eigenvalue weighted by molar-refractivity contribution is -0.116. The normalized spacial score (nSPS) is 11.2. The average Bonchev–Trinajstić information content (AvgIpc) is 3.23. The van der Waals surface area contributed by atoms with E-state index in [0.29, 0.717) is 41.1 Å². The number of hydrogen-bond acceptors (Lipinski definition) is 5. The number of amides is 1. The van der Waals surface area contributed by atoms with Crippen molar-refractivity contribution in [3.05, 3.63) is 76.8 Å². The lowest BCUT2D eigenvalue weighted by Crippen LogP contribution is -2.29. The second-order valence-corrected chi connectivity index (χ2v) is 17.2. The molecule has 0 saturated heterocycles. The van der Waals surface area contributed by atoms with Gasteiger partial charge in [0.05, 0.1) is 5.52 Å². The molecule has 0 radical (unpaired) electrons. The molecule has 0 spiro atoms. The van der Waals surface area contributed by atoms with E-state index >= 15 is 0 Å². The molecule has 11 heteroatoms. The van der Waals surface area contributed by atoms with Crippen molar-refractivity contribution in [2.45, 2.75) is 52.2 Å². The van der Waals surface area contributed by atoms with Crippen LogP contribution in [0.2, 0.25) is 35.7 Å². The number of benzene rings is 3. The second kappa shape index (κ2) is 14.8. The Morgan fingerprint density at radius 2 is 1.57 bits per heavy atom. The first-order chi connectivity index (χ1) is 19.0. The van der Waals surface area contributed by atoms with Gasteiger partial charge in [-0.05, 0) is 65.5 Å². The summed E-state index contributed by atoms with van der Waals surface area (Å²) in [5.74, 6) is 0.561. The van der Waals surface area contributed by atoms with E-state index in [4.69, 9.17) is 38.0 Å². The van der Waals surface area contributed by atoms with Crippen LogP contribution in [-0.2, 0) is 16.3 Å². The minimum atomic E-state index is -1.41. The third-order valence-corrected chi connectivity index (χ3v) is 8.25. The molecule has 0 aliphatic carbocycles. The monoisotopic (exact) mass is 599 g/mol. The smallest absolute Gasteiger partial charge is 0.423 e. The van der Waals surface area contributed by atoms with E-state index in [-0.39, 0.29) is 5.91 Å². The molecule has 4 rings (SSSR count). The number of carbonyl (C=O) groups is 1. The van der Waals surface area contributed by atoms with Crippen LogP contribution in [0.15, 0.2) is 66.7 Å². The average molecular weight is 600 g/mol. The van der Waals surface area contributed by atoms with Crippen molar-refractivity contribution in [2.75, 3.05) is 11.9 Å². The molecule has 1 aromatic heterocycles. The molecular formula is C29H36BCl2N3O4Si. The number of anilines is 1. The Morgan fingerprint density at radius 3 is 2.15 bits per heavy atom. The number of aromatic nitrogens is 2. The largest absolute Gasteiger partial charge is 0.488 e. The van der Waals surface area contributed by atoms with Crippen LogP contribution in [0.4, 0.5) is 5.82 Å². The molecule has 4 aromatic rings. The van der Waals surface area contributed by atoms with E-state index in [1.54, 1.807) is 24.3 Å².